The van der Waals surface area contributed by atoms with Crippen molar-refractivity contribution in [2.24, 2.45) is 76.6 Å². The third kappa shape index (κ3) is 9.05. The van der Waals surface area contributed by atoms with E-state index in [0.29, 0.717) is 6.04 Å². The molecule has 2 heteroatoms. The molecule has 4 N–H and O–H groups in total. The Labute approximate surface area is 268 Å². The molecule has 6 rings (SSSR count). The highest BCUT2D eigenvalue weighted by Crippen LogP contribution is 2.49. The van der Waals surface area contributed by atoms with Crippen LogP contribution in [-0.4, -0.2) is 12.6 Å². The molecule has 0 aromatic rings. The van der Waals surface area contributed by atoms with E-state index in [9.17, 15) is 0 Å². The molecule has 0 amide bonds. The summed E-state index contributed by atoms with van der Waals surface area (Å²) in [4.78, 5) is 0. The van der Waals surface area contributed by atoms with Crippen molar-refractivity contribution in [2.45, 2.75) is 186 Å². The molecule has 6 fully saturated rings. The standard InChI is InChI=1S/C41H74N2/c42-29-40(27-30-7-3-1-4-8-30)38-21-19-36(20-22-38)34-13-11-32(12-14-34)33-15-17-35(18-16-33)37-23-25-39(26-24-37)41(43)28-31-9-5-2-6-10-31/h30-41H,1-29,42-43H2/t32?,33?,34?,35?,36?,37-,38?,39+,40?,41?. The Morgan fingerprint density at radius 2 is 0.698 bits per heavy atom. The van der Waals surface area contributed by atoms with E-state index in [4.69, 9.17) is 11.5 Å². The molecule has 0 saturated heterocycles. The largest absolute Gasteiger partial charge is 0.330 e. The zero-order valence-electron chi connectivity index (χ0n) is 28.6. The normalized spacial score (nSPS) is 40.6. The molecule has 0 radical (unpaired) electrons. The molecule has 248 valence electrons. The van der Waals surface area contributed by atoms with Crippen molar-refractivity contribution in [2.75, 3.05) is 6.54 Å². The van der Waals surface area contributed by atoms with E-state index in [1.165, 1.54) is 128 Å². The maximum atomic E-state index is 6.81. The molecule has 0 aliphatic heterocycles. The van der Waals surface area contributed by atoms with Crippen LogP contribution in [0.15, 0.2) is 0 Å². The Kier molecular flexibility index (Phi) is 12.7. The summed E-state index contributed by atoms with van der Waals surface area (Å²) >= 11 is 0. The van der Waals surface area contributed by atoms with Gasteiger partial charge in [-0.15, -0.1) is 0 Å². The van der Waals surface area contributed by atoms with Gasteiger partial charge in [0.25, 0.3) is 0 Å². The first-order valence-electron chi connectivity index (χ1n) is 20.6. The van der Waals surface area contributed by atoms with Gasteiger partial charge in [0.15, 0.2) is 0 Å². The smallest absolute Gasteiger partial charge is 0.00698 e. The van der Waals surface area contributed by atoms with Crippen LogP contribution in [-0.2, 0) is 0 Å². The topological polar surface area (TPSA) is 52.0 Å². The third-order valence-electron chi connectivity index (χ3n) is 15.5. The Morgan fingerprint density at radius 3 is 1.07 bits per heavy atom. The minimum Gasteiger partial charge on any atom is -0.330 e. The van der Waals surface area contributed by atoms with Gasteiger partial charge in [-0.25, -0.2) is 0 Å². The lowest BCUT2D eigenvalue weighted by molar-refractivity contribution is 0.0776. The predicted molar refractivity (Wildman–Crippen MR) is 185 cm³/mol. The summed E-state index contributed by atoms with van der Waals surface area (Å²) in [6.07, 6.45) is 42.0. The Hall–Kier alpha value is -0.0800. The minimum absolute atomic E-state index is 0.499. The third-order valence-corrected chi connectivity index (χ3v) is 15.5. The van der Waals surface area contributed by atoms with Crippen LogP contribution in [0.4, 0.5) is 0 Å². The maximum absolute atomic E-state index is 6.81. The van der Waals surface area contributed by atoms with Crippen molar-refractivity contribution in [1.82, 2.24) is 0 Å². The van der Waals surface area contributed by atoms with Crippen LogP contribution < -0.4 is 11.5 Å². The van der Waals surface area contributed by atoms with Crippen molar-refractivity contribution in [3.8, 4) is 0 Å². The van der Waals surface area contributed by atoms with E-state index in [1.54, 1.807) is 51.4 Å². The SMILES string of the molecule is NCC(CC1CCCCC1)C1CCC(C2CCC(C3CCC([C@H]4CC[C@@H](C(N)CC5CCCCC5)CC4)CC3)CC2)CC1. The molecule has 0 heterocycles. The first-order valence-corrected chi connectivity index (χ1v) is 20.6. The van der Waals surface area contributed by atoms with Crippen molar-refractivity contribution in [1.29, 1.82) is 0 Å². The van der Waals surface area contributed by atoms with E-state index in [1.807, 2.05) is 0 Å². The van der Waals surface area contributed by atoms with Crippen LogP contribution in [0.25, 0.3) is 0 Å². The molecule has 43 heavy (non-hydrogen) atoms. The number of rotatable bonds is 10. The average Bonchev–Trinajstić information content (AvgIpc) is 3.08. The van der Waals surface area contributed by atoms with Crippen LogP contribution in [0.3, 0.4) is 0 Å². The summed E-state index contributed by atoms with van der Waals surface area (Å²) in [5, 5.41) is 0. The summed E-state index contributed by atoms with van der Waals surface area (Å²) in [6.45, 7) is 0.953. The average molecular weight is 595 g/mol. The molecule has 2 atom stereocenters. The van der Waals surface area contributed by atoms with Gasteiger partial charge in [0.2, 0.25) is 0 Å². The number of hydrogen-bond donors (Lipinski definition) is 2. The van der Waals surface area contributed by atoms with Gasteiger partial charge in [0.1, 0.15) is 0 Å². The van der Waals surface area contributed by atoms with Gasteiger partial charge >= 0.3 is 0 Å². The van der Waals surface area contributed by atoms with E-state index in [0.717, 1.165) is 71.6 Å². The van der Waals surface area contributed by atoms with E-state index < -0.39 is 0 Å². The van der Waals surface area contributed by atoms with Gasteiger partial charge in [0, 0.05) is 6.04 Å². The Morgan fingerprint density at radius 1 is 0.372 bits per heavy atom. The molecular formula is C41H74N2. The monoisotopic (exact) mass is 595 g/mol. The zero-order valence-corrected chi connectivity index (χ0v) is 28.6. The zero-order chi connectivity index (χ0) is 29.4. The van der Waals surface area contributed by atoms with Gasteiger partial charge in [-0.2, -0.15) is 0 Å². The molecule has 2 nitrogen and oxygen atoms in total. The molecule has 0 spiro atoms. The summed E-state index contributed by atoms with van der Waals surface area (Å²) < 4.78 is 0. The summed E-state index contributed by atoms with van der Waals surface area (Å²) in [5.41, 5.74) is 13.2. The fourth-order valence-corrected chi connectivity index (χ4v) is 12.6. The van der Waals surface area contributed by atoms with Crippen LogP contribution in [0, 0.1) is 65.1 Å². The van der Waals surface area contributed by atoms with E-state index in [2.05, 4.69) is 0 Å². The van der Waals surface area contributed by atoms with Crippen molar-refractivity contribution < 1.29 is 0 Å². The molecule has 2 unspecified atom stereocenters. The lowest BCUT2D eigenvalue weighted by Crippen LogP contribution is -2.37. The molecule has 0 bridgehead atoms. The Balaban J connectivity index is 0.852. The highest BCUT2D eigenvalue weighted by molar-refractivity contribution is 4.90. The summed E-state index contributed by atoms with van der Waals surface area (Å²) in [6, 6.07) is 0.499. The highest BCUT2D eigenvalue weighted by Gasteiger charge is 2.38. The first-order chi connectivity index (χ1) is 21.2. The van der Waals surface area contributed by atoms with E-state index >= 15 is 0 Å². The molecular weight excluding hydrogens is 520 g/mol. The highest BCUT2D eigenvalue weighted by atomic mass is 14.7. The lowest BCUT2D eigenvalue weighted by Gasteiger charge is -2.44. The summed E-state index contributed by atoms with van der Waals surface area (Å²) in [5.74, 6) is 10.9. The van der Waals surface area contributed by atoms with Crippen LogP contribution >= 0.6 is 0 Å². The fourth-order valence-electron chi connectivity index (χ4n) is 12.6. The number of hydrogen-bond acceptors (Lipinski definition) is 2. The van der Waals surface area contributed by atoms with Crippen LogP contribution in [0.1, 0.15) is 180 Å². The molecule has 6 aliphatic rings. The quantitative estimate of drug-likeness (QED) is 0.264. The molecule has 6 aliphatic carbocycles. The molecule has 0 aromatic heterocycles. The summed E-state index contributed by atoms with van der Waals surface area (Å²) in [7, 11) is 0. The maximum Gasteiger partial charge on any atom is 0.00698 e. The van der Waals surface area contributed by atoms with E-state index in [-0.39, 0.29) is 0 Å². The van der Waals surface area contributed by atoms with Crippen LogP contribution in [0.5, 0.6) is 0 Å². The van der Waals surface area contributed by atoms with Crippen molar-refractivity contribution >= 4 is 0 Å². The van der Waals surface area contributed by atoms with Gasteiger partial charge in [0.05, 0.1) is 0 Å². The molecule has 0 aromatic carbocycles. The second kappa shape index (κ2) is 16.7. The van der Waals surface area contributed by atoms with Crippen molar-refractivity contribution in [3.05, 3.63) is 0 Å². The van der Waals surface area contributed by atoms with Gasteiger partial charge in [-0.3, -0.25) is 0 Å². The predicted octanol–water partition coefficient (Wildman–Crippen LogP) is 11.1. The van der Waals surface area contributed by atoms with Gasteiger partial charge in [-0.05, 0) is 187 Å². The number of nitrogens with two attached hydrogens (primary N) is 2. The lowest BCUT2D eigenvalue weighted by atomic mass is 9.62. The minimum atomic E-state index is 0.499. The second-order valence-corrected chi connectivity index (χ2v) is 17.8. The van der Waals surface area contributed by atoms with Crippen molar-refractivity contribution in [3.63, 3.8) is 0 Å². The van der Waals surface area contributed by atoms with Crippen LogP contribution in [0.2, 0.25) is 0 Å². The molecule has 6 saturated carbocycles. The van der Waals surface area contributed by atoms with Gasteiger partial charge in [-0.1, -0.05) is 64.2 Å². The first kappa shape index (κ1) is 32.8. The van der Waals surface area contributed by atoms with Gasteiger partial charge < -0.3 is 11.5 Å². The Bertz CT molecular complexity index is 751. The fraction of sp³-hybridized carbons (Fsp3) is 1.00. The second-order valence-electron chi connectivity index (χ2n) is 17.8.